The van der Waals surface area contributed by atoms with Crippen molar-refractivity contribution in [3.05, 3.63) is 28.7 Å². The molecule has 1 aliphatic rings. The second-order valence-corrected chi connectivity index (χ2v) is 7.66. The van der Waals surface area contributed by atoms with Crippen LogP contribution < -0.4 is 10.6 Å². The maximum Gasteiger partial charge on any atom is 0.410 e. The number of ether oxygens (including phenoxy) is 1. The molecule has 1 aromatic carbocycles. The van der Waals surface area contributed by atoms with Gasteiger partial charge in [0.1, 0.15) is 5.60 Å². The highest BCUT2D eigenvalue weighted by Gasteiger charge is 2.28. The summed E-state index contributed by atoms with van der Waals surface area (Å²) in [6, 6.07) is 7.38. The second-order valence-electron chi connectivity index (χ2n) is 6.81. The standard InChI is InChI=1S/C17H24BrN3O3/c1-17(2,3)24-16(23)21-9-8-19-12(11-21)10-15(22)20-14-7-5-4-6-13(14)18/h4-7,12,19H,8-11H2,1-3H3,(H,20,22). The molecule has 0 spiro atoms. The van der Waals surface area contributed by atoms with E-state index >= 15 is 0 Å². The number of rotatable bonds is 3. The zero-order valence-corrected chi connectivity index (χ0v) is 15.9. The summed E-state index contributed by atoms with van der Waals surface area (Å²) in [5.74, 6) is -0.0922. The van der Waals surface area contributed by atoms with E-state index in [1.807, 2.05) is 45.0 Å². The molecule has 0 bridgehead atoms. The highest BCUT2D eigenvalue weighted by Crippen LogP contribution is 2.21. The fourth-order valence-corrected chi connectivity index (χ4v) is 2.83. The third-order valence-corrected chi connectivity index (χ3v) is 4.18. The molecule has 0 aromatic heterocycles. The monoisotopic (exact) mass is 397 g/mol. The summed E-state index contributed by atoms with van der Waals surface area (Å²) in [7, 11) is 0. The zero-order valence-electron chi connectivity index (χ0n) is 14.3. The first-order valence-corrected chi connectivity index (χ1v) is 8.79. The first-order chi connectivity index (χ1) is 11.2. The van der Waals surface area contributed by atoms with Crippen LogP contribution in [0, 0.1) is 0 Å². The Hall–Kier alpha value is -1.60. The predicted octanol–water partition coefficient (Wildman–Crippen LogP) is 2.99. The molecule has 1 aliphatic heterocycles. The van der Waals surface area contributed by atoms with Crippen LogP contribution in [0.3, 0.4) is 0 Å². The normalized spacial score (nSPS) is 18.2. The Kier molecular flexibility index (Phi) is 6.23. The van der Waals surface area contributed by atoms with Crippen molar-refractivity contribution in [3.8, 4) is 0 Å². The number of anilines is 1. The van der Waals surface area contributed by atoms with E-state index in [1.165, 1.54) is 0 Å². The van der Waals surface area contributed by atoms with E-state index in [-0.39, 0.29) is 18.0 Å². The molecule has 1 fully saturated rings. The van der Waals surface area contributed by atoms with Crippen LogP contribution in [0.1, 0.15) is 27.2 Å². The number of nitrogens with zero attached hydrogens (tertiary/aromatic N) is 1. The van der Waals surface area contributed by atoms with Crippen LogP contribution in [0.5, 0.6) is 0 Å². The lowest BCUT2D eigenvalue weighted by atomic mass is 10.1. The van der Waals surface area contributed by atoms with Crippen molar-refractivity contribution in [2.24, 2.45) is 0 Å². The van der Waals surface area contributed by atoms with Crippen LogP contribution in [-0.2, 0) is 9.53 Å². The highest BCUT2D eigenvalue weighted by molar-refractivity contribution is 9.10. The van der Waals surface area contributed by atoms with Gasteiger partial charge in [0.2, 0.25) is 5.91 Å². The molecule has 1 aromatic rings. The molecular formula is C17H24BrN3O3. The van der Waals surface area contributed by atoms with Crippen LogP contribution in [-0.4, -0.2) is 48.2 Å². The molecule has 132 valence electrons. The number of benzene rings is 1. The van der Waals surface area contributed by atoms with E-state index < -0.39 is 5.60 Å². The number of para-hydroxylation sites is 1. The number of carbonyl (C=O) groups excluding carboxylic acids is 2. The molecule has 0 radical (unpaired) electrons. The van der Waals surface area contributed by atoms with Gasteiger partial charge in [0.15, 0.2) is 0 Å². The summed E-state index contributed by atoms with van der Waals surface area (Å²) in [5, 5.41) is 6.16. The topological polar surface area (TPSA) is 70.7 Å². The number of halogens is 1. The Bertz CT molecular complexity index is 601. The summed E-state index contributed by atoms with van der Waals surface area (Å²) in [5.41, 5.74) is 0.219. The van der Waals surface area contributed by atoms with Gasteiger partial charge < -0.3 is 20.3 Å². The van der Waals surface area contributed by atoms with E-state index in [1.54, 1.807) is 4.90 Å². The van der Waals surface area contributed by atoms with E-state index in [2.05, 4.69) is 26.6 Å². The minimum atomic E-state index is -0.519. The minimum Gasteiger partial charge on any atom is -0.444 e. The molecule has 24 heavy (non-hydrogen) atoms. The van der Waals surface area contributed by atoms with Gasteiger partial charge in [0.25, 0.3) is 0 Å². The molecule has 2 amide bonds. The van der Waals surface area contributed by atoms with Crippen molar-refractivity contribution in [1.82, 2.24) is 10.2 Å². The molecular weight excluding hydrogens is 374 g/mol. The Morgan fingerprint density at radius 3 is 2.75 bits per heavy atom. The Morgan fingerprint density at radius 2 is 2.08 bits per heavy atom. The average molecular weight is 398 g/mol. The summed E-state index contributed by atoms with van der Waals surface area (Å²) >= 11 is 3.41. The predicted molar refractivity (Wildman–Crippen MR) is 97.0 cm³/mol. The average Bonchev–Trinajstić information content (AvgIpc) is 2.48. The lowest BCUT2D eigenvalue weighted by Crippen LogP contribution is -2.54. The third-order valence-electron chi connectivity index (χ3n) is 3.49. The van der Waals surface area contributed by atoms with Crippen molar-refractivity contribution in [3.63, 3.8) is 0 Å². The van der Waals surface area contributed by atoms with Gasteiger partial charge in [-0.05, 0) is 48.8 Å². The maximum absolute atomic E-state index is 12.2. The molecule has 1 atom stereocenters. The molecule has 1 saturated heterocycles. The Morgan fingerprint density at radius 1 is 1.38 bits per heavy atom. The summed E-state index contributed by atoms with van der Waals surface area (Å²) < 4.78 is 6.23. The highest BCUT2D eigenvalue weighted by atomic mass is 79.9. The summed E-state index contributed by atoms with van der Waals surface area (Å²) in [4.78, 5) is 26.0. The molecule has 1 heterocycles. The van der Waals surface area contributed by atoms with Crippen molar-refractivity contribution in [2.75, 3.05) is 25.0 Å². The minimum absolute atomic E-state index is 0.0891. The van der Waals surface area contributed by atoms with Crippen molar-refractivity contribution in [1.29, 1.82) is 0 Å². The largest absolute Gasteiger partial charge is 0.444 e. The smallest absolute Gasteiger partial charge is 0.410 e. The number of nitrogens with one attached hydrogen (secondary N) is 2. The fraction of sp³-hybridized carbons (Fsp3) is 0.529. The van der Waals surface area contributed by atoms with Gasteiger partial charge >= 0.3 is 6.09 Å². The first kappa shape index (κ1) is 18.7. The number of amides is 2. The number of carbonyl (C=O) groups is 2. The molecule has 0 aliphatic carbocycles. The van der Waals surface area contributed by atoms with E-state index in [4.69, 9.17) is 4.74 Å². The van der Waals surface area contributed by atoms with Gasteiger partial charge in [0, 0.05) is 36.6 Å². The fourth-order valence-electron chi connectivity index (χ4n) is 2.44. The van der Waals surface area contributed by atoms with Gasteiger partial charge in [-0.3, -0.25) is 4.79 Å². The SMILES string of the molecule is CC(C)(C)OC(=O)N1CCNC(CC(=O)Nc2ccccc2Br)C1. The van der Waals surface area contributed by atoms with E-state index in [0.717, 1.165) is 10.2 Å². The van der Waals surface area contributed by atoms with Crippen molar-refractivity contribution < 1.29 is 14.3 Å². The molecule has 0 saturated carbocycles. The number of hydrogen-bond donors (Lipinski definition) is 2. The van der Waals surface area contributed by atoms with Crippen LogP contribution in [0.2, 0.25) is 0 Å². The van der Waals surface area contributed by atoms with Gasteiger partial charge in [-0.1, -0.05) is 12.1 Å². The van der Waals surface area contributed by atoms with Gasteiger partial charge in [-0.15, -0.1) is 0 Å². The van der Waals surface area contributed by atoms with Gasteiger partial charge in [0.05, 0.1) is 5.69 Å². The zero-order chi connectivity index (χ0) is 17.7. The quantitative estimate of drug-likeness (QED) is 0.822. The molecule has 1 unspecified atom stereocenters. The molecule has 2 N–H and O–H groups in total. The maximum atomic E-state index is 12.2. The van der Waals surface area contributed by atoms with Gasteiger partial charge in [-0.2, -0.15) is 0 Å². The summed E-state index contributed by atoms with van der Waals surface area (Å²) in [6.45, 7) is 7.21. The molecule has 6 nitrogen and oxygen atoms in total. The van der Waals surface area contributed by atoms with E-state index in [0.29, 0.717) is 26.1 Å². The van der Waals surface area contributed by atoms with Crippen LogP contribution in [0.25, 0.3) is 0 Å². The number of hydrogen-bond acceptors (Lipinski definition) is 4. The first-order valence-electron chi connectivity index (χ1n) is 8.00. The molecule has 2 rings (SSSR count). The third kappa shape index (κ3) is 5.79. The van der Waals surface area contributed by atoms with Crippen LogP contribution >= 0.6 is 15.9 Å². The lowest BCUT2D eigenvalue weighted by Gasteiger charge is -2.34. The Labute approximate surface area is 151 Å². The van der Waals surface area contributed by atoms with Crippen molar-refractivity contribution >= 4 is 33.6 Å². The van der Waals surface area contributed by atoms with E-state index in [9.17, 15) is 9.59 Å². The number of piperazine rings is 1. The Balaban J connectivity index is 1.87. The van der Waals surface area contributed by atoms with Crippen LogP contribution in [0.15, 0.2) is 28.7 Å². The van der Waals surface area contributed by atoms with Gasteiger partial charge in [-0.25, -0.2) is 4.79 Å². The second kappa shape index (κ2) is 7.98. The lowest BCUT2D eigenvalue weighted by molar-refractivity contribution is -0.117. The van der Waals surface area contributed by atoms with Crippen LogP contribution in [0.4, 0.5) is 10.5 Å². The molecule has 7 heteroatoms. The summed E-state index contributed by atoms with van der Waals surface area (Å²) in [6.07, 6.45) is -0.0408. The van der Waals surface area contributed by atoms with Crippen molar-refractivity contribution in [2.45, 2.75) is 38.8 Å².